The maximum atomic E-state index is 12.6. The standard InChI is InChI=1S/C16H18N2O3/c19-13(20)10-16(7-1-2-8-16)18-15(21)12-5-3-4-11-6-9-17-14(11)12/h3-6,9,17H,1-2,7-8,10H2,(H,18,21)(H,19,20). The van der Waals surface area contributed by atoms with E-state index in [1.807, 2.05) is 18.2 Å². The Morgan fingerprint density at radius 2 is 2.00 bits per heavy atom. The zero-order valence-corrected chi connectivity index (χ0v) is 11.7. The van der Waals surface area contributed by atoms with Crippen LogP contribution < -0.4 is 5.32 Å². The Hall–Kier alpha value is -2.30. The van der Waals surface area contributed by atoms with E-state index >= 15 is 0 Å². The summed E-state index contributed by atoms with van der Waals surface area (Å²) in [5.41, 5.74) is 0.755. The summed E-state index contributed by atoms with van der Waals surface area (Å²) >= 11 is 0. The van der Waals surface area contributed by atoms with Gasteiger partial charge in [-0.3, -0.25) is 9.59 Å². The van der Waals surface area contributed by atoms with E-state index in [-0.39, 0.29) is 12.3 Å². The number of aliphatic carboxylic acids is 1. The number of carboxylic acid groups (broad SMARTS) is 1. The Morgan fingerprint density at radius 1 is 1.24 bits per heavy atom. The van der Waals surface area contributed by atoms with Crippen molar-refractivity contribution in [1.82, 2.24) is 10.3 Å². The van der Waals surface area contributed by atoms with Crippen molar-refractivity contribution in [2.75, 3.05) is 0 Å². The van der Waals surface area contributed by atoms with E-state index in [1.165, 1.54) is 0 Å². The van der Waals surface area contributed by atoms with Crippen LogP contribution in [0.15, 0.2) is 30.5 Å². The Balaban J connectivity index is 1.88. The minimum absolute atomic E-state index is 0.0144. The van der Waals surface area contributed by atoms with E-state index in [0.717, 1.165) is 36.6 Å². The molecule has 5 heteroatoms. The van der Waals surface area contributed by atoms with Crippen molar-refractivity contribution in [3.63, 3.8) is 0 Å². The molecule has 1 fully saturated rings. The van der Waals surface area contributed by atoms with Gasteiger partial charge in [0, 0.05) is 11.6 Å². The summed E-state index contributed by atoms with van der Waals surface area (Å²) < 4.78 is 0. The number of fused-ring (bicyclic) bond motifs is 1. The van der Waals surface area contributed by atoms with Gasteiger partial charge in [-0.1, -0.05) is 25.0 Å². The van der Waals surface area contributed by atoms with Crippen molar-refractivity contribution in [2.24, 2.45) is 0 Å². The van der Waals surface area contributed by atoms with Gasteiger partial charge in [0.2, 0.25) is 0 Å². The van der Waals surface area contributed by atoms with Crippen LogP contribution >= 0.6 is 0 Å². The van der Waals surface area contributed by atoms with E-state index in [9.17, 15) is 9.59 Å². The average Bonchev–Trinajstić information content (AvgIpc) is 3.06. The lowest BCUT2D eigenvalue weighted by Crippen LogP contribution is -2.47. The van der Waals surface area contributed by atoms with E-state index in [4.69, 9.17) is 5.11 Å². The molecular weight excluding hydrogens is 268 g/mol. The second-order valence-corrected chi connectivity index (χ2v) is 5.76. The number of amides is 1. The lowest BCUT2D eigenvalue weighted by molar-refractivity contribution is -0.138. The molecule has 0 bridgehead atoms. The third-order valence-electron chi connectivity index (χ3n) is 4.26. The molecule has 1 aliphatic rings. The number of H-pyrrole nitrogens is 1. The number of carbonyl (C=O) groups is 2. The molecule has 1 aromatic carbocycles. The number of carboxylic acids is 1. The first-order chi connectivity index (χ1) is 10.1. The Labute approximate surface area is 122 Å². The first-order valence-electron chi connectivity index (χ1n) is 7.20. The largest absolute Gasteiger partial charge is 0.481 e. The summed E-state index contributed by atoms with van der Waals surface area (Å²) in [6, 6.07) is 7.45. The van der Waals surface area contributed by atoms with Gasteiger partial charge in [-0.2, -0.15) is 0 Å². The SMILES string of the molecule is O=C(O)CC1(NC(=O)c2cccc3cc[nH]c23)CCCC1. The molecule has 1 aliphatic carbocycles. The van der Waals surface area contributed by atoms with Gasteiger partial charge in [0.15, 0.2) is 0 Å². The van der Waals surface area contributed by atoms with Crippen molar-refractivity contribution in [1.29, 1.82) is 0 Å². The summed E-state index contributed by atoms with van der Waals surface area (Å²) in [7, 11) is 0. The minimum atomic E-state index is -0.865. The number of nitrogens with one attached hydrogen (secondary N) is 2. The molecule has 110 valence electrons. The van der Waals surface area contributed by atoms with Gasteiger partial charge in [0.1, 0.15) is 0 Å². The van der Waals surface area contributed by atoms with Gasteiger partial charge in [0.25, 0.3) is 5.91 Å². The Kier molecular flexibility index (Phi) is 3.41. The van der Waals surface area contributed by atoms with Gasteiger partial charge in [-0.05, 0) is 25.0 Å². The molecule has 0 atom stereocenters. The van der Waals surface area contributed by atoms with Gasteiger partial charge < -0.3 is 15.4 Å². The van der Waals surface area contributed by atoms with Gasteiger partial charge in [-0.15, -0.1) is 0 Å². The van der Waals surface area contributed by atoms with Crippen LogP contribution in [0.3, 0.4) is 0 Å². The highest BCUT2D eigenvalue weighted by atomic mass is 16.4. The molecular formula is C16H18N2O3. The predicted molar refractivity (Wildman–Crippen MR) is 79.2 cm³/mol. The molecule has 5 nitrogen and oxygen atoms in total. The van der Waals surface area contributed by atoms with Crippen molar-refractivity contribution >= 4 is 22.8 Å². The molecule has 1 heterocycles. The van der Waals surface area contributed by atoms with Crippen LogP contribution in [-0.4, -0.2) is 27.5 Å². The molecule has 2 aromatic rings. The zero-order chi connectivity index (χ0) is 14.9. The quantitative estimate of drug-likeness (QED) is 0.808. The highest BCUT2D eigenvalue weighted by Crippen LogP contribution is 2.33. The van der Waals surface area contributed by atoms with E-state index in [1.54, 1.807) is 12.3 Å². The van der Waals surface area contributed by atoms with Crippen LogP contribution in [0.25, 0.3) is 10.9 Å². The van der Waals surface area contributed by atoms with Crippen molar-refractivity contribution in [3.05, 3.63) is 36.0 Å². The van der Waals surface area contributed by atoms with Gasteiger partial charge in [-0.25, -0.2) is 0 Å². The summed E-state index contributed by atoms with van der Waals surface area (Å²) in [4.78, 5) is 26.7. The fraction of sp³-hybridized carbons (Fsp3) is 0.375. The first-order valence-corrected chi connectivity index (χ1v) is 7.20. The number of aromatic nitrogens is 1. The summed E-state index contributed by atoms with van der Waals surface area (Å²) in [5, 5.41) is 13.1. The second kappa shape index (κ2) is 5.24. The number of rotatable bonds is 4. The van der Waals surface area contributed by atoms with Crippen molar-refractivity contribution in [3.8, 4) is 0 Å². The smallest absolute Gasteiger partial charge is 0.305 e. The highest BCUT2D eigenvalue weighted by molar-refractivity contribution is 6.06. The summed E-state index contributed by atoms with van der Waals surface area (Å²) in [6.45, 7) is 0. The maximum absolute atomic E-state index is 12.6. The number of aromatic amines is 1. The molecule has 1 saturated carbocycles. The third-order valence-corrected chi connectivity index (χ3v) is 4.26. The van der Waals surface area contributed by atoms with Crippen LogP contribution in [0.4, 0.5) is 0 Å². The summed E-state index contributed by atoms with van der Waals surface area (Å²) in [6.07, 6.45) is 5.15. The molecule has 0 aliphatic heterocycles. The van der Waals surface area contributed by atoms with Crippen LogP contribution in [0.5, 0.6) is 0 Å². The number of hydrogen-bond donors (Lipinski definition) is 3. The molecule has 3 rings (SSSR count). The normalized spacial score (nSPS) is 17.0. The maximum Gasteiger partial charge on any atom is 0.305 e. The van der Waals surface area contributed by atoms with Crippen molar-refractivity contribution < 1.29 is 14.7 Å². The number of carbonyl (C=O) groups excluding carboxylic acids is 1. The monoisotopic (exact) mass is 286 g/mol. The molecule has 3 N–H and O–H groups in total. The van der Waals surface area contributed by atoms with E-state index in [2.05, 4.69) is 10.3 Å². The molecule has 21 heavy (non-hydrogen) atoms. The average molecular weight is 286 g/mol. The number of para-hydroxylation sites is 1. The molecule has 1 aromatic heterocycles. The van der Waals surface area contributed by atoms with E-state index < -0.39 is 11.5 Å². The number of hydrogen-bond acceptors (Lipinski definition) is 2. The first kappa shape index (κ1) is 13.7. The van der Waals surface area contributed by atoms with Gasteiger partial charge in [0.05, 0.1) is 23.0 Å². The minimum Gasteiger partial charge on any atom is -0.481 e. The van der Waals surface area contributed by atoms with E-state index in [0.29, 0.717) is 5.56 Å². The molecule has 0 saturated heterocycles. The predicted octanol–water partition coefficient (Wildman–Crippen LogP) is 2.69. The molecule has 0 unspecified atom stereocenters. The molecule has 0 spiro atoms. The Bertz CT molecular complexity index is 684. The van der Waals surface area contributed by atoms with Crippen LogP contribution in [0, 0.1) is 0 Å². The van der Waals surface area contributed by atoms with Crippen LogP contribution in [-0.2, 0) is 4.79 Å². The second-order valence-electron chi connectivity index (χ2n) is 5.76. The number of benzene rings is 1. The topological polar surface area (TPSA) is 82.2 Å². The third kappa shape index (κ3) is 2.63. The highest BCUT2D eigenvalue weighted by Gasteiger charge is 2.37. The van der Waals surface area contributed by atoms with Gasteiger partial charge >= 0.3 is 5.97 Å². The fourth-order valence-electron chi connectivity index (χ4n) is 3.27. The fourth-order valence-corrected chi connectivity index (χ4v) is 3.27. The summed E-state index contributed by atoms with van der Waals surface area (Å²) in [5.74, 6) is -1.07. The lowest BCUT2D eigenvalue weighted by atomic mass is 9.92. The zero-order valence-electron chi connectivity index (χ0n) is 11.7. The molecule has 1 amide bonds. The molecule has 0 radical (unpaired) electrons. The van der Waals surface area contributed by atoms with Crippen molar-refractivity contribution in [2.45, 2.75) is 37.6 Å². The lowest BCUT2D eigenvalue weighted by Gasteiger charge is -2.28. The van der Waals surface area contributed by atoms with Crippen LogP contribution in [0.1, 0.15) is 42.5 Å². The Morgan fingerprint density at radius 3 is 2.71 bits per heavy atom. The van der Waals surface area contributed by atoms with Crippen LogP contribution in [0.2, 0.25) is 0 Å².